The van der Waals surface area contributed by atoms with Crippen LogP contribution in [0.4, 0.5) is 24.5 Å². The van der Waals surface area contributed by atoms with E-state index in [4.69, 9.17) is 0 Å². The summed E-state index contributed by atoms with van der Waals surface area (Å²) < 4.78 is 40.2. The molecule has 2 N–H and O–H groups in total. The first kappa shape index (κ1) is 23.2. The highest BCUT2D eigenvalue weighted by molar-refractivity contribution is 8.01. The van der Waals surface area contributed by atoms with Gasteiger partial charge in [0.2, 0.25) is 11.8 Å². The fourth-order valence-corrected chi connectivity index (χ4v) is 4.98. The minimum atomic E-state index is -4.49. The maximum absolute atomic E-state index is 12.8. The Hall–Kier alpha value is -2.99. The van der Waals surface area contributed by atoms with Gasteiger partial charge in [-0.25, -0.2) is 0 Å². The molecule has 0 bridgehead atoms. The standard InChI is InChI=1S/C21H18F3N5O2S2/c1-29-17(10-16-19(31)26-14-7-2-3-8-15(14)33-16)27-28-20(29)32-11-18(30)25-13-6-4-5-12(9-13)21(22,23)24/h2-9,16H,10-11H2,1H3,(H,25,30)(H,26,31). The van der Waals surface area contributed by atoms with E-state index in [0.717, 1.165) is 34.5 Å². The van der Waals surface area contributed by atoms with Crippen LogP contribution in [-0.2, 0) is 29.2 Å². The summed E-state index contributed by atoms with van der Waals surface area (Å²) in [6, 6.07) is 12.0. The number of anilines is 2. The summed E-state index contributed by atoms with van der Waals surface area (Å²) in [4.78, 5) is 25.6. The van der Waals surface area contributed by atoms with Gasteiger partial charge in [-0.05, 0) is 30.3 Å². The minimum Gasteiger partial charge on any atom is -0.325 e. The van der Waals surface area contributed by atoms with Gasteiger partial charge < -0.3 is 15.2 Å². The molecule has 0 radical (unpaired) electrons. The summed E-state index contributed by atoms with van der Waals surface area (Å²) in [7, 11) is 1.74. The van der Waals surface area contributed by atoms with Crippen LogP contribution in [0.5, 0.6) is 0 Å². The van der Waals surface area contributed by atoms with Crippen LogP contribution in [0, 0.1) is 0 Å². The number of carbonyl (C=O) groups excluding carboxylic acids is 2. The van der Waals surface area contributed by atoms with Gasteiger partial charge in [0.15, 0.2) is 5.16 Å². The number of halogens is 3. The largest absolute Gasteiger partial charge is 0.416 e. The normalized spacial score (nSPS) is 15.6. The number of fused-ring (bicyclic) bond motifs is 1. The first-order valence-corrected chi connectivity index (χ1v) is 11.6. The van der Waals surface area contributed by atoms with E-state index in [-0.39, 0.29) is 22.6 Å². The Morgan fingerprint density at radius 1 is 1.21 bits per heavy atom. The van der Waals surface area contributed by atoms with Gasteiger partial charge in [0.25, 0.3) is 0 Å². The number of alkyl halides is 3. The Morgan fingerprint density at radius 3 is 2.79 bits per heavy atom. The maximum atomic E-state index is 12.8. The molecule has 7 nitrogen and oxygen atoms in total. The number of amides is 2. The zero-order valence-corrected chi connectivity index (χ0v) is 18.9. The number of thioether (sulfide) groups is 2. The van der Waals surface area contributed by atoms with Crippen LogP contribution in [0.3, 0.4) is 0 Å². The van der Waals surface area contributed by atoms with Crippen molar-refractivity contribution in [2.45, 2.75) is 27.9 Å². The summed E-state index contributed by atoms with van der Waals surface area (Å²) in [5.74, 6) is -0.0595. The predicted octanol–water partition coefficient (Wildman–Crippen LogP) is 4.22. The van der Waals surface area contributed by atoms with E-state index in [1.54, 1.807) is 11.6 Å². The molecule has 0 aliphatic carbocycles. The fraction of sp³-hybridized carbons (Fsp3) is 0.238. The first-order chi connectivity index (χ1) is 15.7. The molecule has 0 fully saturated rings. The van der Waals surface area contributed by atoms with Gasteiger partial charge in [0.05, 0.1) is 22.3 Å². The number of carbonyl (C=O) groups is 2. The van der Waals surface area contributed by atoms with Crippen molar-refractivity contribution in [3.8, 4) is 0 Å². The highest BCUT2D eigenvalue weighted by atomic mass is 32.2. The minimum absolute atomic E-state index is 0.0613. The number of benzene rings is 2. The second kappa shape index (κ2) is 9.48. The molecule has 0 spiro atoms. The third-order valence-electron chi connectivity index (χ3n) is 4.81. The zero-order valence-electron chi connectivity index (χ0n) is 17.2. The summed E-state index contributed by atoms with van der Waals surface area (Å²) in [5.41, 5.74) is 0.0116. The van der Waals surface area contributed by atoms with Crippen LogP contribution in [0.25, 0.3) is 0 Å². The molecule has 172 valence electrons. The summed E-state index contributed by atoms with van der Waals surface area (Å²) in [6.07, 6.45) is -4.13. The second-order valence-corrected chi connectivity index (χ2v) is 9.36. The van der Waals surface area contributed by atoms with Crippen LogP contribution in [-0.4, -0.2) is 37.6 Å². The smallest absolute Gasteiger partial charge is 0.325 e. The van der Waals surface area contributed by atoms with E-state index in [2.05, 4.69) is 20.8 Å². The third kappa shape index (κ3) is 5.50. The van der Waals surface area contributed by atoms with Gasteiger partial charge >= 0.3 is 6.18 Å². The van der Waals surface area contributed by atoms with Gasteiger partial charge in [-0.2, -0.15) is 13.2 Å². The third-order valence-corrected chi connectivity index (χ3v) is 7.10. The quantitative estimate of drug-likeness (QED) is 0.500. The zero-order chi connectivity index (χ0) is 23.6. The predicted molar refractivity (Wildman–Crippen MR) is 120 cm³/mol. The highest BCUT2D eigenvalue weighted by Crippen LogP contribution is 2.36. The van der Waals surface area contributed by atoms with E-state index < -0.39 is 17.6 Å². The van der Waals surface area contributed by atoms with Gasteiger partial charge in [0, 0.05) is 24.1 Å². The molecule has 2 aromatic carbocycles. The summed E-state index contributed by atoms with van der Waals surface area (Å²) in [5, 5.41) is 13.7. The Labute approximate surface area is 195 Å². The molecule has 2 amide bonds. The molecule has 3 aromatic rings. The number of para-hydroxylation sites is 1. The molecule has 1 aromatic heterocycles. The Kier molecular flexibility index (Phi) is 6.66. The summed E-state index contributed by atoms with van der Waals surface area (Å²) >= 11 is 2.56. The lowest BCUT2D eigenvalue weighted by atomic mass is 10.2. The van der Waals surface area contributed by atoms with Crippen molar-refractivity contribution >= 4 is 46.7 Å². The second-order valence-electron chi connectivity index (χ2n) is 7.17. The lowest BCUT2D eigenvalue weighted by Gasteiger charge is -2.23. The number of hydrogen-bond acceptors (Lipinski definition) is 6. The van der Waals surface area contributed by atoms with Gasteiger partial charge in [-0.15, -0.1) is 22.0 Å². The topological polar surface area (TPSA) is 88.9 Å². The molecule has 1 aliphatic rings. The van der Waals surface area contributed by atoms with Gasteiger partial charge in [0.1, 0.15) is 5.82 Å². The molecular weight excluding hydrogens is 475 g/mol. The van der Waals surface area contributed by atoms with Gasteiger partial charge in [-0.1, -0.05) is 30.0 Å². The number of aromatic nitrogens is 3. The average molecular weight is 494 g/mol. The summed E-state index contributed by atoms with van der Waals surface area (Å²) in [6.45, 7) is 0. The van der Waals surface area contributed by atoms with Crippen molar-refractivity contribution in [1.29, 1.82) is 0 Å². The lowest BCUT2D eigenvalue weighted by Crippen LogP contribution is -2.31. The van der Waals surface area contributed by atoms with Crippen molar-refractivity contribution in [2.75, 3.05) is 16.4 Å². The van der Waals surface area contributed by atoms with E-state index in [0.29, 0.717) is 17.4 Å². The molecule has 4 rings (SSSR count). The number of nitrogens with zero attached hydrogens (tertiary/aromatic N) is 3. The van der Waals surface area contributed by atoms with E-state index in [1.807, 2.05) is 24.3 Å². The van der Waals surface area contributed by atoms with Crippen LogP contribution >= 0.6 is 23.5 Å². The molecular formula is C21H18F3N5O2S2. The number of rotatable bonds is 6. The molecule has 0 saturated heterocycles. The van der Waals surface area contributed by atoms with E-state index in [1.165, 1.54) is 23.9 Å². The highest BCUT2D eigenvalue weighted by Gasteiger charge is 2.31. The maximum Gasteiger partial charge on any atom is 0.416 e. The SMILES string of the molecule is Cn1c(CC2Sc3ccccc3NC2=O)nnc1SCC(=O)Nc1cccc(C(F)(F)F)c1. The Morgan fingerprint density at radius 2 is 2.00 bits per heavy atom. The fourth-order valence-electron chi connectivity index (χ4n) is 3.14. The van der Waals surface area contributed by atoms with Gasteiger partial charge in [-0.3, -0.25) is 9.59 Å². The molecule has 0 saturated carbocycles. The van der Waals surface area contributed by atoms with E-state index >= 15 is 0 Å². The average Bonchev–Trinajstić information content (AvgIpc) is 3.11. The lowest BCUT2D eigenvalue weighted by molar-refractivity contribution is -0.137. The van der Waals surface area contributed by atoms with Crippen LogP contribution in [0.2, 0.25) is 0 Å². The van der Waals surface area contributed by atoms with Crippen LogP contribution < -0.4 is 10.6 Å². The van der Waals surface area contributed by atoms with Crippen LogP contribution in [0.15, 0.2) is 58.6 Å². The van der Waals surface area contributed by atoms with E-state index in [9.17, 15) is 22.8 Å². The number of nitrogens with one attached hydrogen (secondary N) is 2. The first-order valence-electron chi connectivity index (χ1n) is 9.75. The molecule has 1 aliphatic heterocycles. The molecule has 2 heterocycles. The van der Waals surface area contributed by atoms with Crippen molar-refractivity contribution in [3.05, 3.63) is 59.9 Å². The van der Waals surface area contributed by atoms with Crippen molar-refractivity contribution in [2.24, 2.45) is 7.05 Å². The van der Waals surface area contributed by atoms with Crippen molar-refractivity contribution in [1.82, 2.24) is 14.8 Å². The monoisotopic (exact) mass is 493 g/mol. The van der Waals surface area contributed by atoms with Crippen LogP contribution in [0.1, 0.15) is 11.4 Å². The molecule has 12 heteroatoms. The molecule has 33 heavy (non-hydrogen) atoms. The number of hydrogen-bond donors (Lipinski definition) is 2. The molecule has 1 unspecified atom stereocenters. The molecule has 1 atom stereocenters. The Balaban J connectivity index is 1.35. The van der Waals surface area contributed by atoms with Crippen molar-refractivity contribution < 1.29 is 22.8 Å². The Bertz CT molecular complexity index is 1200. The van der Waals surface area contributed by atoms with Crippen molar-refractivity contribution in [3.63, 3.8) is 0 Å².